The monoisotopic (exact) mass is 286 g/mol. The Hall–Kier alpha value is -1.64. The molecule has 0 bridgehead atoms. The van der Waals surface area contributed by atoms with Crippen molar-refractivity contribution in [2.75, 3.05) is 37.7 Å². The van der Waals surface area contributed by atoms with Gasteiger partial charge in [0, 0.05) is 32.2 Å². The van der Waals surface area contributed by atoms with Crippen LogP contribution in [-0.4, -0.2) is 54.8 Å². The van der Waals surface area contributed by atoms with E-state index in [1.807, 2.05) is 12.3 Å². The molecule has 2 fully saturated rings. The van der Waals surface area contributed by atoms with E-state index in [2.05, 4.69) is 27.8 Å². The molecule has 3 heterocycles. The first-order valence-corrected chi connectivity index (χ1v) is 7.73. The Labute approximate surface area is 126 Å². The van der Waals surface area contributed by atoms with E-state index in [1.165, 1.54) is 12.8 Å². The van der Waals surface area contributed by atoms with Crippen molar-refractivity contribution in [2.24, 2.45) is 0 Å². The topological polar surface area (TPSA) is 52.4 Å². The summed E-state index contributed by atoms with van der Waals surface area (Å²) in [7, 11) is 0. The van der Waals surface area contributed by atoms with Crippen LogP contribution < -0.4 is 4.90 Å². The molecule has 1 unspecified atom stereocenters. The van der Waals surface area contributed by atoms with Crippen molar-refractivity contribution < 1.29 is 4.74 Å². The molecular weight excluding hydrogens is 264 g/mol. The summed E-state index contributed by atoms with van der Waals surface area (Å²) in [4.78, 5) is 9.12. The average molecular weight is 286 g/mol. The van der Waals surface area contributed by atoms with Gasteiger partial charge in [-0.2, -0.15) is 5.26 Å². The molecule has 5 nitrogen and oxygen atoms in total. The zero-order valence-electron chi connectivity index (χ0n) is 12.5. The van der Waals surface area contributed by atoms with Crippen molar-refractivity contribution in [3.05, 3.63) is 24.0 Å². The molecule has 0 aromatic carbocycles. The van der Waals surface area contributed by atoms with Crippen LogP contribution in [0.1, 0.15) is 25.5 Å². The zero-order chi connectivity index (χ0) is 14.7. The summed E-state index contributed by atoms with van der Waals surface area (Å²) in [5.74, 6) is 0. The van der Waals surface area contributed by atoms with Gasteiger partial charge in [-0.3, -0.25) is 4.90 Å². The Balaban J connectivity index is 1.56. The molecule has 21 heavy (non-hydrogen) atoms. The minimum atomic E-state index is 0.361. The molecule has 0 spiro atoms. The van der Waals surface area contributed by atoms with Crippen molar-refractivity contribution in [1.29, 1.82) is 5.26 Å². The molecule has 1 atom stereocenters. The lowest BCUT2D eigenvalue weighted by Crippen LogP contribution is -2.51. The van der Waals surface area contributed by atoms with Crippen LogP contribution in [0.4, 0.5) is 5.69 Å². The van der Waals surface area contributed by atoms with Gasteiger partial charge in [0.05, 0.1) is 24.6 Å². The third-order valence-electron chi connectivity index (χ3n) is 4.48. The van der Waals surface area contributed by atoms with Gasteiger partial charge < -0.3 is 9.64 Å². The number of ether oxygens (including phenoxy) is 1. The summed E-state index contributed by atoms with van der Waals surface area (Å²) in [5, 5.41) is 8.80. The first-order valence-electron chi connectivity index (χ1n) is 7.73. The van der Waals surface area contributed by atoms with Crippen LogP contribution in [0, 0.1) is 11.3 Å². The number of pyridine rings is 1. The molecule has 0 aliphatic carbocycles. The first-order chi connectivity index (χ1) is 10.3. The second-order valence-electron chi connectivity index (χ2n) is 5.91. The summed E-state index contributed by atoms with van der Waals surface area (Å²) in [6.07, 6.45) is 4.55. The molecule has 1 aromatic rings. The predicted molar refractivity (Wildman–Crippen MR) is 81.2 cm³/mol. The SMILES string of the molecule is CC1CN(C2CCN(c3ccc(C#N)nc3)CC2)CCO1. The number of nitrogens with zero attached hydrogens (tertiary/aromatic N) is 4. The summed E-state index contributed by atoms with van der Waals surface area (Å²) < 4.78 is 5.62. The Morgan fingerprint density at radius 2 is 2.10 bits per heavy atom. The fourth-order valence-electron chi connectivity index (χ4n) is 3.31. The van der Waals surface area contributed by atoms with Gasteiger partial charge in [-0.05, 0) is 31.9 Å². The maximum absolute atomic E-state index is 8.80. The molecule has 2 aliphatic rings. The van der Waals surface area contributed by atoms with Gasteiger partial charge in [-0.15, -0.1) is 0 Å². The maximum atomic E-state index is 8.80. The fourth-order valence-corrected chi connectivity index (χ4v) is 3.31. The van der Waals surface area contributed by atoms with Crippen molar-refractivity contribution in [1.82, 2.24) is 9.88 Å². The van der Waals surface area contributed by atoms with Crippen molar-refractivity contribution in [3.8, 4) is 6.07 Å². The Bertz CT molecular complexity index is 502. The highest BCUT2D eigenvalue weighted by atomic mass is 16.5. The normalized spacial score (nSPS) is 24.8. The molecule has 0 N–H and O–H groups in total. The number of hydrogen-bond acceptors (Lipinski definition) is 5. The highest BCUT2D eigenvalue weighted by Crippen LogP contribution is 2.23. The molecule has 1 aromatic heterocycles. The van der Waals surface area contributed by atoms with E-state index in [1.54, 1.807) is 6.07 Å². The number of rotatable bonds is 2. The molecule has 2 saturated heterocycles. The van der Waals surface area contributed by atoms with E-state index in [9.17, 15) is 0 Å². The van der Waals surface area contributed by atoms with E-state index in [0.717, 1.165) is 38.5 Å². The predicted octanol–water partition coefficient (Wildman–Crippen LogP) is 1.64. The van der Waals surface area contributed by atoms with Crippen LogP contribution >= 0.6 is 0 Å². The molecule has 112 valence electrons. The number of nitriles is 1. The Kier molecular flexibility index (Phi) is 4.37. The summed E-state index contributed by atoms with van der Waals surface area (Å²) in [5.41, 5.74) is 1.61. The van der Waals surface area contributed by atoms with Crippen LogP contribution in [0.3, 0.4) is 0 Å². The lowest BCUT2D eigenvalue weighted by Gasteiger charge is -2.42. The molecular formula is C16H22N4O. The highest BCUT2D eigenvalue weighted by Gasteiger charge is 2.27. The highest BCUT2D eigenvalue weighted by molar-refractivity contribution is 5.46. The van der Waals surface area contributed by atoms with Gasteiger partial charge in [0.25, 0.3) is 0 Å². The van der Waals surface area contributed by atoms with Crippen LogP contribution in [-0.2, 0) is 4.74 Å². The zero-order valence-corrected chi connectivity index (χ0v) is 12.5. The number of aromatic nitrogens is 1. The van der Waals surface area contributed by atoms with Crippen molar-refractivity contribution >= 4 is 5.69 Å². The minimum absolute atomic E-state index is 0.361. The van der Waals surface area contributed by atoms with E-state index in [-0.39, 0.29) is 0 Å². The summed E-state index contributed by atoms with van der Waals surface area (Å²) in [6.45, 7) is 7.26. The molecule has 0 amide bonds. The van der Waals surface area contributed by atoms with Crippen LogP contribution in [0.15, 0.2) is 18.3 Å². The third kappa shape index (κ3) is 3.34. The first kappa shape index (κ1) is 14.3. The maximum Gasteiger partial charge on any atom is 0.140 e. The van der Waals surface area contributed by atoms with Gasteiger partial charge >= 0.3 is 0 Å². The largest absolute Gasteiger partial charge is 0.376 e. The lowest BCUT2D eigenvalue weighted by atomic mass is 10.0. The lowest BCUT2D eigenvalue weighted by molar-refractivity contribution is -0.0373. The Morgan fingerprint density at radius 1 is 1.29 bits per heavy atom. The second kappa shape index (κ2) is 6.42. The van der Waals surface area contributed by atoms with Gasteiger partial charge in [0.15, 0.2) is 0 Å². The summed E-state index contributed by atoms with van der Waals surface area (Å²) >= 11 is 0. The number of hydrogen-bond donors (Lipinski definition) is 0. The summed E-state index contributed by atoms with van der Waals surface area (Å²) in [6, 6.07) is 6.54. The van der Waals surface area contributed by atoms with Gasteiger partial charge in [0.2, 0.25) is 0 Å². The van der Waals surface area contributed by atoms with E-state index >= 15 is 0 Å². The molecule has 0 radical (unpaired) electrons. The van der Waals surface area contributed by atoms with Crippen LogP contribution in [0.2, 0.25) is 0 Å². The standard InChI is InChI=1S/C16H22N4O/c1-13-12-20(8-9-21-13)15-4-6-19(7-5-15)16-3-2-14(10-17)18-11-16/h2-3,11,13,15H,4-9,12H2,1H3. The number of anilines is 1. The van der Waals surface area contributed by atoms with Crippen molar-refractivity contribution in [3.63, 3.8) is 0 Å². The van der Waals surface area contributed by atoms with E-state index in [0.29, 0.717) is 17.8 Å². The van der Waals surface area contributed by atoms with E-state index < -0.39 is 0 Å². The fraction of sp³-hybridized carbons (Fsp3) is 0.625. The third-order valence-corrected chi connectivity index (χ3v) is 4.48. The number of piperidine rings is 1. The van der Waals surface area contributed by atoms with Crippen LogP contribution in [0.5, 0.6) is 0 Å². The Morgan fingerprint density at radius 3 is 2.71 bits per heavy atom. The average Bonchev–Trinajstić information content (AvgIpc) is 2.55. The quantitative estimate of drug-likeness (QED) is 0.827. The van der Waals surface area contributed by atoms with Gasteiger partial charge in [-0.1, -0.05) is 0 Å². The van der Waals surface area contributed by atoms with Crippen LogP contribution in [0.25, 0.3) is 0 Å². The smallest absolute Gasteiger partial charge is 0.140 e. The van der Waals surface area contributed by atoms with E-state index in [4.69, 9.17) is 10.00 Å². The second-order valence-corrected chi connectivity index (χ2v) is 5.91. The minimum Gasteiger partial charge on any atom is -0.376 e. The molecule has 0 saturated carbocycles. The number of morpholine rings is 1. The van der Waals surface area contributed by atoms with Crippen molar-refractivity contribution in [2.45, 2.75) is 31.9 Å². The van der Waals surface area contributed by atoms with Gasteiger partial charge in [-0.25, -0.2) is 4.98 Å². The molecule has 3 rings (SSSR count). The molecule has 2 aliphatic heterocycles. The molecule has 5 heteroatoms. The van der Waals surface area contributed by atoms with Gasteiger partial charge in [0.1, 0.15) is 11.8 Å².